The molecule has 1 N–H and O–H groups in total. The molecule has 4 heteroatoms. The first-order valence-corrected chi connectivity index (χ1v) is 9.13. The van der Waals surface area contributed by atoms with Crippen LogP contribution in [0.25, 0.3) is 5.69 Å². The topological polar surface area (TPSA) is 41.3 Å². The minimum absolute atomic E-state index is 0.0567. The first-order valence-electron chi connectivity index (χ1n) is 9.13. The summed E-state index contributed by atoms with van der Waals surface area (Å²) in [5, 5.41) is 14.3. The van der Waals surface area contributed by atoms with Gasteiger partial charge < -0.3 is 5.11 Å². The molecule has 0 radical (unpaired) electrons. The van der Waals surface area contributed by atoms with E-state index in [0.717, 1.165) is 38.2 Å². The Labute approximate surface area is 144 Å². The molecule has 0 bridgehead atoms. The predicted molar refractivity (Wildman–Crippen MR) is 95.2 cm³/mol. The van der Waals surface area contributed by atoms with E-state index in [4.69, 9.17) is 0 Å². The Morgan fingerprint density at radius 3 is 2.42 bits per heavy atom. The van der Waals surface area contributed by atoms with Gasteiger partial charge in [0.25, 0.3) is 0 Å². The van der Waals surface area contributed by atoms with Crippen LogP contribution in [0.5, 0.6) is 0 Å². The zero-order valence-electron chi connectivity index (χ0n) is 14.6. The van der Waals surface area contributed by atoms with Crippen molar-refractivity contribution in [3.8, 4) is 5.69 Å². The highest BCUT2D eigenvalue weighted by molar-refractivity contribution is 5.35. The molecule has 1 unspecified atom stereocenters. The van der Waals surface area contributed by atoms with Crippen LogP contribution in [-0.2, 0) is 6.54 Å². The fourth-order valence-electron chi connectivity index (χ4n) is 4.35. The molecule has 1 aliphatic heterocycles. The van der Waals surface area contributed by atoms with E-state index in [1.54, 1.807) is 0 Å². The van der Waals surface area contributed by atoms with E-state index in [0.29, 0.717) is 17.8 Å². The van der Waals surface area contributed by atoms with Crippen LogP contribution < -0.4 is 0 Å². The molecule has 2 aromatic rings. The van der Waals surface area contributed by atoms with E-state index in [9.17, 15) is 5.11 Å². The van der Waals surface area contributed by atoms with Gasteiger partial charge in [-0.1, -0.05) is 26.0 Å². The Bertz CT molecular complexity index is 677. The van der Waals surface area contributed by atoms with Gasteiger partial charge in [-0.05, 0) is 48.3 Å². The summed E-state index contributed by atoms with van der Waals surface area (Å²) in [7, 11) is 0. The maximum absolute atomic E-state index is 9.76. The Kier molecular flexibility index (Phi) is 4.19. The summed E-state index contributed by atoms with van der Waals surface area (Å²) in [5.74, 6) is 1.94. The van der Waals surface area contributed by atoms with Gasteiger partial charge in [-0.3, -0.25) is 4.90 Å². The molecule has 2 aliphatic rings. The highest BCUT2D eigenvalue weighted by atomic mass is 16.3. The second kappa shape index (κ2) is 6.34. The Morgan fingerprint density at radius 1 is 1.12 bits per heavy atom. The summed E-state index contributed by atoms with van der Waals surface area (Å²) < 4.78 is 1.97. The zero-order chi connectivity index (χ0) is 16.7. The summed E-state index contributed by atoms with van der Waals surface area (Å²) in [5.41, 5.74) is 3.74. The number of fused-ring (bicyclic) bond motifs is 1. The second-order valence-electron chi connectivity index (χ2n) is 7.88. The smallest absolute Gasteiger partial charge is 0.0645 e. The number of hydrogen-bond donors (Lipinski definition) is 1. The Morgan fingerprint density at radius 2 is 1.79 bits per heavy atom. The molecule has 24 heavy (non-hydrogen) atoms. The Hall–Kier alpha value is -1.65. The number of hydrogen-bond acceptors (Lipinski definition) is 3. The largest absolute Gasteiger partial charge is 0.393 e. The molecule has 128 valence electrons. The van der Waals surface area contributed by atoms with Crippen molar-refractivity contribution >= 4 is 0 Å². The van der Waals surface area contributed by atoms with E-state index >= 15 is 0 Å². The van der Waals surface area contributed by atoms with Crippen molar-refractivity contribution in [1.29, 1.82) is 0 Å². The van der Waals surface area contributed by atoms with Crippen LogP contribution in [0.2, 0.25) is 0 Å². The quantitative estimate of drug-likeness (QED) is 0.938. The van der Waals surface area contributed by atoms with E-state index in [-0.39, 0.29) is 6.10 Å². The average Bonchev–Trinajstić information content (AvgIpc) is 3.22. The number of aromatic nitrogens is 2. The number of aliphatic hydroxyl groups excluding tert-OH is 1. The van der Waals surface area contributed by atoms with Crippen LogP contribution >= 0.6 is 0 Å². The number of likely N-dealkylation sites (tertiary alicyclic amines) is 1. The van der Waals surface area contributed by atoms with E-state index in [1.165, 1.54) is 11.1 Å². The van der Waals surface area contributed by atoms with Crippen molar-refractivity contribution in [2.24, 2.45) is 11.8 Å². The minimum atomic E-state index is -0.0567. The molecule has 0 spiro atoms. The second-order valence-corrected chi connectivity index (χ2v) is 7.88. The van der Waals surface area contributed by atoms with Crippen molar-refractivity contribution in [2.75, 3.05) is 13.1 Å². The third kappa shape index (κ3) is 3.13. The molecule has 4 nitrogen and oxygen atoms in total. The van der Waals surface area contributed by atoms with Gasteiger partial charge in [0.15, 0.2) is 0 Å². The fraction of sp³-hybridized carbons (Fsp3) is 0.550. The molecule has 2 heterocycles. The lowest BCUT2D eigenvalue weighted by Gasteiger charge is -2.16. The lowest BCUT2D eigenvalue weighted by Crippen LogP contribution is -2.22. The molecule has 4 rings (SSSR count). The molecular formula is C20H27N3O. The summed E-state index contributed by atoms with van der Waals surface area (Å²) in [4.78, 5) is 2.52. The van der Waals surface area contributed by atoms with Crippen molar-refractivity contribution in [3.63, 3.8) is 0 Å². The van der Waals surface area contributed by atoms with Crippen LogP contribution in [0.3, 0.4) is 0 Å². The minimum Gasteiger partial charge on any atom is -0.393 e. The average molecular weight is 325 g/mol. The van der Waals surface area contributed by atoms with E-state index in [1.807, 2.05) is 10.9 Å². The molecule has 2 fully saturated rings. The third-order valence-corrected chi connectivity index (χ3v) is 5.67. The van der Waals surface area contributed by atoms with Crippen molar-refractivity contribution in [2.45, 2.75) is 45.3 Å². The lowest BCUT2D eigenvalue weighted by atomic mass is 10.0. The van der Waals surface area contributed by atoms with E-state index in [2.05, 4.69) is 54.3 Å². The van der Waals surface area contributed by atoms with Gasteiger partial charge in [-0.15, -0.1) is 0 Å². The van der Waals surface area contributed by atoms with Gasteiger partial charge in [0.2, 0.25) is 0 Å². The highest BCUT2D eigenvalue weighted by Crippen LogP contribution is 2.38. The van der Waals surface area contributed by atoms with Gasteiger partial charge in [0.1, 0.15) is 0 Å². The van der Waals surface area contributed by atoms with Crippen LogP contribution in [0.15, 0.2) is 36.7 Å². The van der Waals surface area contributed by atoms with Gasteiger partial charge in [-0.25, -0.2) is 4.68 Å². The molecule has 3 atom stereocenters. The fourth-order valence-corrected chi connectivity index (χ4v) is 4.35. The van der Waals surface area contributed by atoms with Crippen LogP contribution in [0.1, 0.15) is 43.7 Å². The molecule has 1 saturated heterocycles. The maximum Gasteiger partial charge on any atom is 0.0645 e. The molecule has 1 aliphatic carbocycles. The Balaban J connectivity index is 1.40. The predicted octanol–water partition coefficient (Wildman–Crippen LogP) is 3.20. The van der Waals surface area contributed by atoms with Crippen LogP contribution in [-0.4, -0.2) is 39.0 Å². The number of benzene rings is 1. The number of rotatable bonds is 4. The van der Waals surface area contributed by atoms with Crippen molar-refractivity contribution < 1.29 is 5.11 Å². The van der Waals surface area contributed by atoms with Gasteiger partial charge in [0.05, 0.1) is 18.0 Å². The summed E-state index contributed by atoms with van der Waals surface area (Å²) in [6.07, 6.45) is 6.05. The van der Waals surface area contributed by atoms with Crippen LogP contribution in [0, 0.1) is 11.8 Å². The standard InChI is InChI=1S/C20H27N3O/c1-14(2)16-3-5-19(6-4-16)23-11-15(9-21-23)10-22-12-17-7-20(24)8-18(17)13-22/h3-6,9,11,14,17-18,20,24H,7-8,10,12-13H2,1-2H3/t17-,18+,20?. The molecular weight excluding hydrogens is 298 g/mol. The first kappa shape index (κ1) is 15.9. The zero-order valence-corrected chi connectivity index (χ0v) is 14.6. The van der Waals surface area contributed by atoms with Crippen molar-refractivity contribution in [3.05, 3.63) is 47.8 Å². The van der Waals surface area contributed by atoms with E-state index < -0.39 is 0 Å². The number of nitrogens with zero attached hydrogens (tertiary/aromatic N) is 3. The summed E-state index contributed by atoms with van der Waals surface area (Å²) in [6, 6.07) is 8.67. The highest BCUT2D eigenvalue weighted by Gasteiger charge is 2.40. The molecule has 1 aromatic heterocycles. The van der Waals surface area contributed by atoms with Crippen LogP contribution in [0.4, 0.5) is 0 Å². The normalized spacial score (nSPS) is 27.1. The molecule has 1 aromatic carbocycles. The summed E-state index contributed by atoms with van der Waals surface area (Å²) in [6.45, 7) is 7.63. The SMILES string of the molecule is CC(C)c1ccc(-n2cc(CN3C[C@H]4CC(O)C[C@H]4C3)cn2)cc1. The monoisotopic (exact) mass is 325 g/mol. The maximum atomic E-state index is 9.76. The van der Waals surface area contributed by atoms with Gasteiger partial charge >= 0.3 is 0 Å². The third-order valence-electron chi connectivity index (χ3n) is 5.67. The van der Waals surface area contributed by atoms with Gasteiger partial charge in [-0.2, -0.15) is 5.10 Å². The summed E-state index contributed by atoms with van der Waals surface area (Å²) >= 11 is 0. The number of aliphatic hydroxyl groups is 1. The first-order chi connectivity index (χ1) is 11.6. The van der Waals surface area contributed by atoms with Crippen molar-refractivity contribution in [1.82, 2.24) is 14.7 Å². The molecule has 1 saturated carbocycles. The molecule has 0 amide bonds. The lowest BCUT2D eigenvalue weighted by molar-refractivity contribution is 0.161. The van der Waals surface area contributed by atoms with Gasteiger partial charge in [0, 0.05) is 31.4 Å².